The van der Waals surface area contributed by atoms with Gasteiger partial charge in [-0.25, -0.2) is 13.8 Å². The molecule has 20 heavy (non-hydrogen) atoms. The van der Waals surface area contributed by atoms with Crippen LogP contribution in [0, 0.1) is 11.6 Å². The average Bonchev–Trinajstić information content (AvgIpc) is 2.86. The molecular weight excluding hydrogens is 264 g/mol. The Kier molecular flexibility index (Phi) is 4.49. The summed E-state index contributed by atoms with van der Waals surface area (Å²) in [7, 11) is 0. The van der Waals surface area contributed by atoms with Gasteiger partial charge in [0.1, 0.15) is 0 Å². The fourth-order valence-corrected chi connectivity index (χ4v) is 2.12. The lowest BCUT2D eigenvalue weighted by molar-refractivity contribution is 0.509. The zero-order chi connectivity index (χ0) is 14.5. The van der Waals surface area contributed by atoms with E-state index in [0.29, 0.717) is 5.69 Å². The zero-order valence-corrected chi connectivity index (χ0v) is 10.9. The Morgan fingerprint density at radius 3 is 2.50 bits per heavy atom. The van der Waals surface area contributed by atoms with E-state index in [0.717, 1.165) is 37.8 Å². The summed E-state index contributed by atoms with van der Waals surface area (Å²) < 4.78 is 25.8. The smallest absolute Gasteiger partial charge is 0.218 e. The van der Waals surface area contributed by atoms with Crippen LogP contribution in [0.5, 0.6) is 0 Å². The van der Waals surface area contributed by atoms with Crippen molar-refractivity contribution in [3.8, 4) is 0 Å². The number of guanidine groups is 2. The van der Waals surface area contributed by atoms with E-state index in [1.54, 1.807) is 0 Å². The molecule has 7 heteroatoms. The maximum atomic E-state index is 13.0. The highest BCUT2D eigenvalue weighted by Crippen LogP contribution is 2.20. The number of aliphatic imine (C=N–C) groups is 2. The van der Waals surface area contributed by atoms with Crippen LogP contribution in [-0.4, -0.2) is 18.0 Å². The first-order valence-electron chi connectivity index (χ1n) is 6.44. The highest BCUT2D eigenvalue weighted by atomic mass is 19.2. The van der Waals surface area contributed by atoms with Gasteiger partial charge in [-0.3, -0.25) is 0 Å². The van der Waals surface area contributed by atoms with Gasteiger partial charge in [0.05, 0.1) is 6.04 Å². The first-order valence-corrected chi connectivity index (χ1v) is 6.44. The minimum absolute atomic E-state index is 0.0183. The molecule has 1 aliphatic rings. The highest BCUT2D eigenvalue weighted by Gasteiger charge is 2.13. The Labute approximate surface area is 115 Å². The zero-order valence-electron chi connectivity index (χ0n) is 10.9. The number of rotatable bonds is 2. The summed E-state index contributed by atoms with van der Waals surface area (Å²) in [6.45, 7) is 0. The minimum atomic E-state index is -0.963. The van der Waals surface area contributed by atoms with Crippen LogP contribution in [0.1, 0.15) is 25.7 Å². The van der Waals surface area contributed by atoms with Gasteiger partial charge in [0.15, 0.2) is 11.6 Å². The highest BCUT2D eigenvalue weighted by molar-refractivity contribution is 6.00. The first kappa shape index (κ1) is 14.2. The number of nitrogens with one attached hydrogen (secondary N) is 1. The van der Waals surface area contributed by atoms with Gasteiger partial charge in [0.25, 0.3) is 0 Å². The van der Waals surface area contributed by atoms with Gasteiger partial charge in [-0.15, -0.1) is 0 Å². The number of hydrogen-bond donors (Lipinski definition) is 3. The van der Waals surface area contributed by atoms with E-state index in [-0.39, 0.29) is 18.0 Å². The summed E-state index contributed by atoms with van der Waals surface area (Å²) in [5, 5.41) is 2.63. The Bertz CT molecular complexity index is 536. The van der Waals surface area contributed by atoms with E-state index in [1.807, 2.05) is 0 Å². The second-order valence-corrected chi connectivity index (χ2v) is 4.68. The van der Waals surface area contributed by atoms with Crippen LogP contribution < -0.4 is 16.8 Å². The summed E-state index contributed by atoms with van der Waals surface area (Å²) in [5.74, 6) is -1.82. The summed E-state index contributed by atoms with van der Waals surface area (Å²) in [4.78, 5) is 8.12. The lowest BCUT2D eigenvalue weighted by atomic mass is 10.3. The van der Waals surface area contributed by atoms with Crippen molar-refractivity contribution in [2.45, 2.75) is 31.7 Å². The maximum Gasteiger partial charge on any atom is 0.218 e. The second-order valence-electron chi connectivity index (χ2n) is 4.68. The van der Waals surface area contributed by atoms with Crippen LogP contribution in [0.2, 0.25) is 0 Å². The van der Waals surface area contributed by atoms with Crippen LogP contribution in [0.3, 0.4) is 0 Å². The van der Waals surface area contributed by atoms with E-state index < -0.39 is 11.6 Å². The molecule has 0 aromatic heterocycles. The molecule has 0 atom stereocenters. The molecule has 0 saturated heterocycles. The molecule has 0 amide bonds. The van der Waals surface area contributed by atoms with E-state index in [9.17, 15) is 8.78 Å². The molecule has 0 radical (unpaired) electrons. The number of anilines is 1. The fraction of sp³-hybridized carbons (Fsp3) is 0.385. The molecule has 5 N–H and O–H groups in total. The second kappa shape index (κ2) is 6.31. The quantitative estimate of drug-likeness (QED) is 0.572. The van der Waals surface area contributed by atoms with E-state index in [4.69, 9.17) is 11.5 Å². The molecule has 0 aliphatic heterocycles. The normalized spacial score (nSPS) is 17.5. The molecule has 0 unspecified atom stereocenters. The SMILES string of the molecule is NC(=NC1CCCC1)N=C(N)Nc1ccc(F)c(F)c1. The predicted octanol–water partition coefficient (Wildman–Crippen LogP) is 1.95. The number of nitrogens with zero attached hydrogens (tertiary/aromatic N) is 2. The fourth-order valence-electron chi connectivity index (χ4n) is 2.12. The van der Waals surface area contributed by atoms with E-state index in [2.05, 4.69) is 15.3 Å². The van der Waals surface area contributed by atoms with Crippen LogP contribution in [0.25, 0.3) is 0 Å². The Hall–Kier alpha value is -2.18. The number of halogens is 2. The van der Waals surface area contributed by atoms with Crippen molar-refractivity contribution in [1.82, 2.24) is 0 Å². The number of benzene rings is 1. The van der Waals surface area contributed by atoms with Crippen molar-refractivity contribution in [3.05, 3.63) is 29.8 Å². The number of nitrogens with two attached hydrogens (primary N) is 2. The molecule has 1 aromatic rings. The van der Waals surface area contributed by atoms with Crippen LogP contribution in [-0.2, 0) is 0 Å². The minimum Gasteiger partial charge on any atom is -0.369 e. The van der Waals surface area contributed by atoms with E-state index >= 15 is 0 Å². The topological polar surface area (TPSA) is 88.8 Å². The monoisotopic (exact) mass is 281 g/mol. The largest absolute Gasteiger partial charge is 0.369 e. The van der Waals surface area contributed by atoms with Gasteiger partial charge in [-0.05, 0) is 25.0 Å². The molecule has 1 aliphatic carbocycles. The standard InChI is InChI=1S/C13H17F2N5/c14-10-6-5-9(7-11(10)15)19-13(17)20-12(16)18-8-3-1-2-4-8/h5-8H,1-4H2,(H5,16,17,18,19,20). The molecule has 0 bridgehead atoms. The first-order chi connectivity index (χ1) is 9.54. The molecule has 108 valence electrons. The number of hydrogen-bond acceptors (Lipinski definition) is 1. The van der Waals surface area contributed by atoms with Crippen molar-refractivity contribution in [2.75, 3.05) is 5.32 Å². The molecule has 2 rings (SSSR count). The molecule has 1 saturated carbocycles. The maximum absolute atomic E-state index is 13.0. The van der Waals surface area contributed by atoms with Crippen molar-refractivity contribution in [2.24, 2.45) is 21.5 Å². The lowest BCUT2D eigenvalue weighted by Crippen LogP contribution is -2.26. The van der Waals surface area contributed by atoms with Crippen LogP contribution >= 0.6 is 0 Å². The van der Waals surface area contributed by atoms with E-state index in [1.165, 1.54) is 6.07 Å². The summed E-state index contributed by atoms with van der Waals surface area (Å²) in [5.41, 5.74) is 11.6. The van der Waals surface area contributed by atoms with Gasteiger partial charge in [0.2, 0.25) is 11.9 Å². The molecule has 1 fully saturated rings. The third-order valence-corrected chi connectivity index (χ3v) is 3.07. The summed E-state index contributed by atoms with van der Waals surface area (Å²) in [6, 6.07) is 3.54. The van der Waals surface area contributed by atoms with Crippen LogP contribution in [0.4, 0.5) is 14.5 Å². The van der Waals surface area contributed by atoms with Crippen molar-refractivity contribution >= 4 is 17.6 Å². The third-order valence-electron chi connectivity index (χ3n) is 3.07. The molecule has 1 aromatic carbocycles. The van der Waals surface area contributed by atoms with Crippen molar-refractivity contribution < 1.29 is 8.78 Å². The van der Waals surface area contributed by atoms with Crippen molar-refractivity contribution in [1.29, 1.82) is 0 Å². The molecule has 0 heterocycles. The molecule has 0 spiro atoms. The van der Waals surface area contributed by atoms with Crippen LogP contribution in [0.15, 0.2) is 28.2 Å². The average molecular weight is 281 g/mol. The van der Waals surface area contributed by atoms with Gasteiger partial charge in [-0.1, -0.05) is 12.8 Å². The predicted molar refractivity (Wildman–Crippen MR) is 75.5 cm³/mol. The van der Waals surface area contributed by atoms with Gasteiger partial charge < -0.3 is 16.8 Å². The Morgan fingerprint density at radius 2 is 1.85 bits per heavy atom. The van der Waals surface area contributed by atoms with Crippen molar-refractivity contribution in [3.63, 3.8) is 0 Å². The lowest BCUT2D eigenvalue weighted by Gasteiger charge is -2.06. The van der Waals surface area contributed by atoms with Gasteiger partial charge in [-0.2, -0.15) is 4.99 Å². The summed E-state index contributed by atoms with van der Waals surface area (Å²) >= 11 is 0. The molecular formula is C13H17F2N5. The Balaban J connectivity index is 2.00. The molecule has 5 nitrogen and oxygen atoms in total. The van der Waals surface area contributed by atoms with Gasteiger partial charge >= 0.3 is 0 Å². The summed E-state index contributed by atoms with van der Waals surface area (Å²) in [6.07, 6.45) is 4.31. The Morgan fingerprint density at radius 1 is 1.15 bits per heavy atom. The van der Waals surface area contributed by atoms with Gasteiger partial charge in [0, 0.05) is 11.8 Å². The third kappa shape index (κ3) is 3.91.